The van der Waals surface area contributed by atoms with Gasteiger partial charge in [-0.3, -0.25) is 0 Å². The number of hydrogen-bond donors (Lipinski definition) is 1. The molecule has 0 saturated carbocycles. The summed E-state index contributed by atoms with van der Waals surface area (Å²) in [6.07, 6.45) is 1.77. The third-order valence-electron chi connectivity index (χ3n) is 2.92. The minimum atomic E-state index is -0.391. The molecule has 18 heavy (non-hydrogen) atoms. The van der Waals surface area contributed by atoms with Crippen molar-refractivity contribution in [3.05, 3.63) is 29.6 Å². The molecule has 0 bridgehead atoms. The Balaban J connectivity index is 2.86. The van der Waals surface area contributed by atoms with Gasteiger partial charge in [0.15, 0.2) is 11.6 Å². The summed E-state index contributed by atoms with van der Waals surface area (Å²) in [5.41, 5.74) is 6.88. The van der Waals surface area contributed by atoms with Crippen LogP contribution in [0.15, 0.2) is 18.2 Å². The van der Waals surface area contributed by atoms with Crippen LogP contribution in [0.4, 0.5) is 4.39 Å². The highest BCUT2D eigenvalue weighted by Crippen LogP contribution is 2.25. The van der Waals surface area contributed by atoms with Gasteiger partial charge in [-0.2, -0.15) is 0 Å². The molecular weight excluding hydrogens is 233 g/mol. The molecule has 0 aliphatic rings. The Kier molecular flexibility index (Phi) is 6.09. The average molecular weight is 255 g/mol. The van der Waals surface area contributed by atoms with Gasteiger partial charge in [0.1, 0.15) is 0 Å². The highest BCUT2D eigenvalue weighted by Gasteiger charge is 2.20. The van der Waals surface area contributed by atoms with Gasteiger partial charge in [0.25, 0.3) is 0 Å². The molecule has 0 saturated heterocycles. The predicted octanol–water partition coefficient (Wildman–Crippen LogP) is 3.04. The van der Waals surface area contributed by atoms with E-state index < -0.39 is 5.82 Å². The fourth-order valence-electron chi connectivity index (χ4n) is 1.97. The van der Waals surface area contributed by atoms with Crippen LogP contribution in [0.1, 0.15) is 38.3 Å². The third kappa shape index (κ3) is 3.68. The average Bonchev–Trinajstić information content (AvgIpc) is 2.37. The molecule has 0 heterocycles. The van der Waals surface area contributed by atoms with Gasteiger partial charge in [0.2, 0.25) is 0 Å². The van der Waals surface area contributed by atoms with E-state index >= 15 is 0 Å². The molecule has 0 aliphatic heterocycles. The summed E-state index contributed by atoms with van der Waals surface area (Å²) in [6, 6.07) is 4.49. The largest absolute Gasteiger partial charge is 0.494 e. The van der Waals surface area contributed by atoms with Gasteiger partial charge in [0.05, 0.1) is 19.3 Å². The number of rotatable bonds is 7. The minimum absolute atomic E-state index is 0.0761. The number of ether oxygens (including phenoxy) is 2. The van der Waals surface area contributed by atoms with Crippen molar-refractivity contribution in [3.8, 4) is 5.75 Å². The lowest BCUT2D eigenvalue weighted by atomic mass is 9.98. The lowest BCUT2D eigenvalue weighted by Crippen LogP contribution is -2.29. The van der Waals surface area contributed by atoms with Crippen LogP contribution in [0.3, 0.4) is 0 Å². The monoisotopic (exact) mass is 255 g/mol. The van der Waals surface area contributed by atoms with Crippen molar-refractivity contribution in [1.82, 2.24) is 0 Å². The maximum Gasteiger partial charge on any atom is 0.165 e. The molecular formula is C14H22FNO2. The lowest BCUT2D eigenvalue weighted by Gasteiger charge is -2.24. The topological polar surface area (TPSA) is 44.5 Å². The number of methoxy groups -OCH3 is 1. The molecule has 0 radical (unpaired) electrons. The minimum Gasteiger partial charge on any atom is -0.494 e. The predicted molar refractivity (Wildman–Crippen MR) is 70.2 cm³/mol. The zero-order chi connectivity index (χ0) is 13.5. The molecule has 0 fully saturated rings. The summed E-state index contributed by atoms with van der Waals surface area (Å²) in [7, 11) is 1.44. The first-order valence-electron chi connectivity index (χ1n) is 6.34. The van der Waals surface area contributed by atoms with E-state index in [0.717, 1.165) is 18.4 Å². The van der Waals surface area contributed by atoms with Crippen molar-refractivity contribution < 1.29 is 13.9 Å². The highest BCUT2D eigenvalue weighted by molar-refractivity contribution is 5.31. The highest BCUT2D eigenvalue weighted by atomic mass is 19.1. The quantitative estimate of drug-likeness (QED) is 0.814. The second kappa shape index (κ2) is 7.34. The molecule has 1 aromatic carbocycles. The first-order valence-corrected chi connectivity index (χ1v) is 6.34. The Bertz CT molecular complexity index is 365. The molecule has 2 N–H and O–H groups in total. The molecule has 0 spiro atoms. The van der Waals surface area contributed by atoms with Crippen molar-refractivity contribution in [2.24, 2.45) is 5.73 Å². The van der Waals surface area contributed by atoms with Crippen molar-refractivity contribution in [3.63, 3.8) is 0 Å². The van der Waals surface area contributed by atoms with E-state index in [4.69, 9.17) is 15.2 Å². The summed E-state index contributed by atoms with van der Waals surface area (Å²) >= 11 is 0. The maximum atomic E-state index is 13.6. The fourth-order valence-corrected chi connectivity index (χ4v) is 1.97. The Morgan fingerprint density at radius 3 is 2.56 bits per heavy atom. The Morgan fingerprint density at radius 1 is 1.33 bits per heavy atom. The smallest absolute Gasteiger partial charge is 0.165 e. The van der Waals surface area contributed by atoms with Gasteiger partial charge in [0, 0.05) is 6.61 Å². The number of nitrogens with two attached hydrogens (primary N) is 1. The normalized spacial score (nSPS) is 14.3. The Hall–Kier alpha value is -1.13. The van der Waals surface area contributed by atoms with Crippen LogP contribution in [0, 0.1) is 5.82 Å². The summed E-state index contributed by atoms with van der Waals surface area (Å²) < 4.78 is 24.1. The summed E-state index contributed by atoms with van der Waals surface area (Å²) in [6.45, 7) is 4.62. The van der Waals surface area contributed by atoms with Crippen LogP contribution in [-0.4, -0.2) is 19.8 Å². The maximum absolute atomic E-state index is 13.6. The van der Waals surface area contributed by atoms with Crippen LogP contribution < -0.4 is 10.5 Å². The third-order valence-corrected chi connectivity index (χ3v) is 2.92. The standard InChI is InChI=1S/C14H22FNO2/c1-4-6-13(18-5-2)14(16)10-7-8-12(17-3)11(15)9-10/h7-9,13-14H,4-6,16H2,1-3H3. The van der Waals surface area contributed by atoms with Crippen LogP contribution in [0.5, 0.6) is 5.75 Å². The van der Waals surface area contributed by atoms with Crippen LogP contribution in [0.2, 0.25) is 0 Å². The van der Waals surface area contributed by atoms with Crippen molar-refractivity contribution >= 4 is 0 Å². The van der Waals surface area contributed by atoms with E-state index in [2.05, 4.69) is 6.92 Å². The van der Waals surface area contributed by atoms with Crippen LogP contribution in [-0.2, 0) is 4.74 Å². The number of hydrogen-bond acceptors (Lipinski definition) is 3. The molecule has 2 unspecified atom stereocenters. The van der Waals surface area contributed by atoms with Crippen LogP contribution in [0.25, 0.3) is 0 Å². The fraction of sp³-hybridized carbons (Fsp3) is 0.571. The Morgan fingerprint density at radius 2 is 2.06 bits per heavy atom. The summed E-state index contributed by atoms with van der Waals surface area (Å²) in [5.74, 6) is -0.161. The van der Waals surface area contributed by atoms with Crippen molar-refractivity contribution in [2.45, 2.75) is 38.8 Å². The molecule has 3 nitrogen and oxygen atoms in total. The molecule has 2 atom stereocenters. The van der Waals surface area contributed by atoms with E-state index in [1.54, 1.807) is 12.1 Å². The number of halogens is 1. The van der Waals surface area contributed by atoms with E-state index in [9.17, 15) is 4.39 Å². The first kappa shape index (κ1) is 14.9. The molecule has 4 heteroatoms. The van der Waals surface area contributed by atoms with Gasteiger partial charge in [-0.15, -0.1) is 0 Å². The number of benzene rings is 1. The van der Waals surface area contributed by atoms with Gasteiger partial charge >= 0.3 is 0 Å². The lowest BCUT2D eigenvalue weighted by molar-refractivity contribution is 0.0373. The van der Waals surface area contributed by atoms with E-state index in [0.29, 0.717) is 6.61 Å². The van der Waals surface area contributed by atoms with Crippen LogP contribution >= 0.6 is 0 Å². The molecule has 0 aliphatic carbocycles. The summed E-state index contributed by atoms with van der Waals surface area (Å²) in [5, 5.41) is 0. The second-order valence-corrected chi connectivity index (χ2v) is 4.20. The first-order chi connectivity index (χ1) is 8.63. The summed E-state index contributed by atoms with van der Waals surface area (Å²) in [4.78, 5) is 0. The van der Waals surface area contributed by atoms with E-state index in [-0.39, 0.29) is 17.9 Å². The second-order valence-electron chi connectivity index (χ2n) is 4.20. The Labute approximate surface area is 108 Å². The van der Waals surface area contributed by atoms with Gasteiger partial charge in [-0.1, -0.05) is 19.4 Å². The SMILES string of the molecule is CCCC(OCC)C(N)c1ccc(OC)c(F)c1. The van der Waals surface area contributed by atoms with Crippen molar-refractivity contribution in [1.29, 1.82) is 0 Å². The van der Waals surface area contributed by atoms with Crippen molar-refractivity contribution in [2.75, 3.05) is 13.7 Å². The molecule has 1 aromatic rings. The van der Waals surface area contributed by atoms with E-state index in [1.165, 1.54) is 13.2 Å². The molecule has 0 aromatic heterocycles. The molecule has 1 rings (SSSR count). The van der Waals surface area contributed by atoms with Gasteiger partial charge < -0.3 is 15.2 Å². The molecule has 102 valence electrons. The zero-order valence-electron chi connectivity index (χ0n) is 11.3. The van der Waals surface area contributed by atoms with E-state index in [1.807, 2.05) is 6.92 Å². The van der Waals surface area contributed by atoms with Gasteiger partial charge in [-0.05, 0) is 31.0 Å². The zero-order valence-corrected chi connectivity index (χ0v) is 11.3. The molecule has 0 amide bonds. The van der Waals surface area contributed by atoms with Gasteiger partial charge in [-0.25, -0.2) is 4.39 Å².